The molecule has 0 bridgehead atoms. The van der Waals surface area contributed by atoms with Gasteiger partial charge in [-0.2, -0.15) is 0 Å². The number of hydrogen-bond acceptors (Lipinski definition) is 5. The van der Waals surface area contributed by atoms with Gasteiger partial charge in [-0.25, -0.2) is 4.79 Å². The van der Waals surface area contributed by atoms with Gasteiger partial charge in [0.05, 0.1) is 16.9 Å². The normalized spacial score (nSPS) is 18.8. The molecule has 0 aliphatic carbocycles. The zero-order valence-electron chi connectivity index (χ0n) is 13.2. The summed E-state index contributed by atoms with van der Waals surface area (Å²) in [7, 11) is 3.19. The van der Waals surface area contributed by atoms with Gasteiger partial charge in [-0.05, 0) is 31.0 Å². The minimum atomic E-state index is -0.583. The van der Waals surface area contributed by atoms with Gasteiger partial charge >= 0.3 is 5.97 Å². The lowest BCUT2D eigenvalue weighted by Crippen LogP contribution is -2.43. The van der Waals surface area contributed by atoms with E-state index >= 15 is 0 Å². The maximum atomic E-state index is 12.1. The predicted molar refractivity (Wildman–Crippen MR) is 84.4 cm³/mol. The molecule has 1 aromatic carbocycles. The summed E-state index contributed by atoms with van der Waals surface area (Å²) >= 11 is 0. The molecular formula is C16H19N3O4. The van der Waals surface area contributed by atoms with Crippen LogP contribution in [0.15, 0.2) is 18.2 Å². The smallest absolute Gasteiger partial charge is 0.338 e. The molecule has 2 heterocycles. The fraction of sp³-hybridized carbons (Fsp3) is 0.438. The van der Waals surface area contributed by atoms with Crippen LogP contribution in [0, 0.1) is 0 Å². The molecule has 0 aromatic heterocycles. The van der Waals surface area contributed by atoms with E-state index in [0.717, 1.165) is 25.1 Å². The van der Waals surface area contributed by atoms with Crippen LogP contribution in [0.25, 0.3) is 0 Å². The third-order valence-electron chi connectivity index (χ3n) is 4.18. The molecule has 0 unspecified atom stereocenters. The predicted octanol–water partition coefficient (Wildman–Crippen LogP) is 0.852. The highest BCUT2D eigenvalue weighted by molar-refractivity contribution is 6.05. The topological polar surface area (TPSA) is 79.0 Å². The number of hydrogen-bond donors (Lipinski definition) is 1. The number of nitrogens with one attached hydrogen (secondary N) is 1. The summed E-state index contributed by atoms with van der Waals surface area (Å²) in [5, 5.41) is 2.85. The second kappa shape index (κ2) is 5.91. The van der Waals surface area contributed by atoms with E-state index in [2.05, 4.69) is 10.2 Å². The molecule has 1 N–H and O–H groups in total. The van der Waals surface area contributed by atoms with E-state index in [9.17, 15) is 14.4 Å². The molecule has 0 saturated carbocycles. The van der Waals surface area contributed by atoms with Crippen molar-refractivity contribution in [3.8, 4) is 0 Å². The zero-order chi connectivity index (χ0) is 16.6. The fourth-order valence-corrected chi connectivity index (χ4v) is 2.90. The fourth-order valence-electron chi connectivity index (χ4n) is 2.90. The first kappa shape index (κ1) is 15.3. The lowest BCUT2D eigenvalue weighted by molar-refractivity contribution is -0.132. The van der Waals surface area contributed by atoms with Gasteiger partial charge in [0.25, 0.3) is 5.91 Å². The first-order valence-electron chi connectivity index (χ1n) is 7.56. The van der Waals surface area contributed by atoms with E-state index in [0.29, 0.717) is 11.3 Å². The minimum Gasteiger partial charge on any atom is -0.452 e. The number of likely N-dealkylation sites (N-methyl/N-ethyl adjacent to an activating group) is 1. The Labute approximate surface area is 134 Å². The summed E-state index contributed by atoms with van der Waals surface area (Å²) in [6.45, 7) is 0.537. The first-order valence-corrected chi connectivity index (χ1v) is 7.56. The Hall–Kier alpha value is -2.57. The number of nitrogens with zero attached hydrogens (tertiary/aromatic N) is 2. The quantitative estimate of drug-likeness (QED) is 0.836. The van der Waals surface area contributed by atoms with Crippen molar-refractivity contribution in [3.05, 3.63) is 23.8 Å². The molecule has 2 aliphatic heterocycles. The number of amides is 2. The first-order chi connectivity index (χ1) is 11.0. The molecular weight excluding hydrogens is 298 g/mol. The molecule has 23 heavy (non-hydrogen) atoms. The van der Waals surface area contributed by atoms with Gasteiger partial charge in [-0.1, -0.05) is 0 Å². The lowest BCUT2D eigenvalue weighted by Gasteiger charge is -2.33. The Balaban J connectivity index is 1.76. The number of carbonyl (C=O) groups is 3. The maximum absolute atomic E-state index is 12.1. The molecule has 7 nitrogen and oxygen atoms in total. The molecule has 0 spiro atoms. The molecule has 1 aromatic rings. The van der Waals surface area contributed by atoms with Crippen LogP contribution in [0.3, 0.4) is 0 Å². The van der Waals surface area contributed by atoms with Gasteiger partial charge in [-0.15, -0.1) is 0 Å². The molecule has 1 atom stereocenters. The van der Waals surface area contributed by atoms with Crippen LogP contribution in [0.4, 0.5) is 11.4 Å². The summed E-state index contributed by atoms with van der Waals surface area (Å²) in [5.41, 5.74) is 1.85. The largest absolute Gasteiger partial charge is 0.452 e. The number of esters is 1. The van der Waals surface area contributed by atoms with Crippen molar-refractivity contribution < 1.29 is 19.1 Å². The van der Waals surface area contributed by atoms with Crippen molar-refractivity contribution in [1.82, 2.24) is 4.90 Å². The summed E-state index contributed by atoms with van der Waals surface area (Å²) in [5.74, 6) is -0.909. The van der Waals surface area contributed by atoms with Crippen LogP contribution in [0.1, 0.15) is 23.2 Å². The summed E-state index contributed by atoms with van der Waals surface area (Å²) in [6.07, 6.45) is 1.83. The second-order valence-corrected chi connectivity index (χ2v) is 5.94. The Kier molecular flexibility index (Phi) is 3.94. The standard InChI is InChI=1S/C16H19N3O4/c1-18(2)14(20)9-23-16(22)10-5-6-12-11(8-10)17-15(21)13-4-3-7-19(12)13/h5-6,8,13H,3-4,7,9H2,1-2H3,(H,17,21)/t13-/m0/s1. The third kappa shape index (κ3) is 2.86. The number of benzene rings is 1. The average Bonchev–Trinajstić information content (AvgIpc) is 3.02. The van der Waals surface area contributed by atoms with Gasteiger partial charge in [0.2, 0.25) is 5.91 Å². The average molecular weight is 317 g/mol. The number of fused-ring (bicyclic) bond motifs is 3. The van der Waals surface area contributed by atoms with Crippen LogP contribution < -0.4 is 10.2 Å². The molecule has 2 amide bonds. The molecule has 0 radical (unpaired) electrons. The highest BCUT2D eigenvalue weighted by Gasteiger charge is 2.36. The van der Waals surface area contributed by atoms with Crippen LogP contribution in [-0.2, 0) is 14.3 Å². The van der Waals surface area contributed by atoms with Crippen molar-refractivity contribution >= 4 is 29.2 Å². The Morgan fingerprint density at radius 2 is 2.17 bits per heavy atom. The van der Waals surface area contributed by atoms with E-state index in [1.165, 1.54) is 4.90 Å². The van der Waals surface area contributed by atoms with Crippen LogP contribution in [0.2, 0.25) is 0 Å². The van der Waals surface area contributed by atoms with Gasteiger partial charge in [0.1, 0.15) is 6.04 Å². The molecule has 3 rings (SSSR count). The summed E-state index contributed by atoms with van der Waals surface area (Å²) in [6, 6.07) is 4.97. The molecule has 122 valence electrons. The van der Waals surface area contributed by atoms with Crippen molar-refractivity contribution in [1.29, 1.82) is 0 Å². The van der Waals surface area contributed by atoms with Gasteiger partial charge in [0, 0.05) is 20.6 Å². The van der Waals surface area contributed by atoms with E-state index in [1.54, 1.807) is 26.2 Å². The van der Waals surface area contributed by atoms with Crippen LogP contribution >= 0.6 is 0 Å². The second-order valence-electron chi connectivity index (χ2n) is 5.94. The Bertz CT molecular complexity index is 671. The van der Waals surface area contributed by atoms with Gasteiger partial charge in [-0.3, -0.25) is 9.59 Å². The van der Waals surface area contributed by atoms with Crippen molar-refractivity contribution in [2.75, 3.05) is 37.5 Å². The zero-order valence-corrected chi connectivity index (χ0v) is 13.2. The minimum absolute atomic E-state index is 0.0386. The number of ether oxygens (including phenoxy) is 1. The Morgan fingerprint density at radius 3 is 2.91 bits per heavy atom. The number of carbonyl (C=O) groups excluding carboxylic acids is 3. The van der Waals surface area contributed by atoms with Crippen molar-refractivity contribution in [2.45, 2.75) is 18.9 Å². The maximum Gasteiger partial charge on any atom is 0.338 e. The SMILES string of the molecule is CN(C)C(=O)COC(=O)c1ccc2c(c1)NC(=O)[C@@H]1CCCN21. The summed E-state index contributed by atoms with van der Waals surface area (Å²) < 4.78 is 5.00. The third-order valence-corrected chi connectivity index (χ3v) is 4.18. The van der Waals surface area contributed by atoms with E-state index in [4.69, 9.17) is 4.74 Å². The molecule has 7 heteroatoms. The lowest BCUT2D eigenvalue weighted by atomic mass is 10.1. The van der Waals surface area contributed by atoms with E-state index < -0.39 is 5.97 Å². The number of anilines is 2. The van der Waals surface area contributed by atoms with Gasteiger partial charge < -0.3 is 19.9 Å². The highest BCUT2D eigenvalue weighted by Crippen LogP contribution is 2.37. The van der Waals surface area contributed by atoms with Crippen LogP contribution in [0.5, 0.6) is 0 Å². The molecule has 1 fully saturated rings. The van der Waals surface area contributed by atoms with Crippen molar-refractivity contribution in [2.24, 2.45) is 0 Å². The highest BCUT2D eigenvalue weighted by atomic mass is 16.5. The summed E-state index contributed by atoms with van der Waals surface area (Å²) in [4.78, 5) is 39.0. The Morgan fingerprint density at radius 1 is 1.39 bits per heavy atom. The van der Waals surface area contributed by atoms with E-state index in [-0.39, 0.29) is 24.5 Å². The molecule has 2 aliphatic rings. The van der Waals surface area contributed by atoms with Crippen LogP contribution in [-0.4, -0.2) is 56.0 Å². The number of rotatable bonds is 3. The monoisotopic (exact) mass is 317 g/mol. The molecule has 1 saturated heterocycles. The van der Waals surface area contributed by atoms with E-state index in [1.807, 2.05) is 6.07 Å². The van der Waals surface area contributed by atoms with Crippen molar-refractivity contribution in [3.63, 3.8) is 0 Å². The van der Waals surface area contributed by atoms with Gasteiger partial charge in [0.15, 0.2) is 6.61 Å².